The van der Waals surface area contributed by atoms with Crippen molar-refractivity contribution in [2.24, 2.45) is 0 Å². The number of halogens is 2. The summed E-state index contributed by atoms with van der Waals surface area (Å²) in [6, 6.07) is 5.79. The number of rotatable bonds is 5. The lowest BCUT2D eigenvalue weighted by atomic mass is 10.2. The summed E-state index contributed by atoms with van der Waals surface area (Å²) in [5.41, 5.74) is 1.12. The molecule has 2 nitrogen and oxygen atoms in total. The van der Waals surface area contributed by atoms with E-state index in [9.17, 15) is 0 Å². The molecule has 0 unspecified atom stereocenters. The van der Waals surface area contributed by atoms with Crippen molar-refractivity contribution < 1.29 is 9.47 Å². The van der Waals surface area contributed by atoms with Crippen LogP contribution in [0.15, 0.2) is 18.2 Å². The first-order valence-corrected chi connectivity index (χ1v) is 5.70. The van der Waals surface area contributed by atoms with E-state index in [1.54, 1.807) is 7.11 Å². The Kier molecular flexibility index (Phi) is 5.77. The summed E-state index contributed by atoms with van der Waals surface area (Å²) in [6.07, 6.45) is 0. The van der Waals surface area contributed by atoms with E-state index >= 15 is 0 Å². The molecule has 0 radical (unpaired) electrons. The number of methoxy groups -OCH3 is 1. The van der Waals surface area contributed by atoms with Gasteiger partial charge < -0.3 is 9.47 Å². The average Bonchev–Trinajstić information content (AvgIpc) is 2.18. The van der Waals surface area contributed by atoms with Crippen molar-refractivity contribution in [1.82, 2.24) is 0 Å². The predicted octanol–water partition coefficient (Wildman–Crippen LogP) is 3.11. The number of benzene rings is 1. The molecule has 4 heteroatoms. The summed E-state index contributed by atoms with van der Waals surface area (Å²) >= 11 is 8.14. The first kappa shape index (κ1) is 12.2. The van der Waals surface area contributed by atoms with E-state index in [1.807, 2.05) is 18.2 Å². The van der Waals surface area contributed by atoms with Crippen LogP contribution in [0.3, 0.4) is 0 Å². The van der Waals surface area contributed by atoms with Crippen molar-refractivity contribution in [2.75, 3.05) is 20.3 Å². The van der Waals surface area contributed by atoms with Gasteiger partial charge in [0.2, 0.25) is 0 Å². The highest BCUT2D eigenvalue weighted by atomic mass is 127. The molecule has 0 N–H and O–H groups in total. The highest BCUT2D eigenvalue weighted by Crippen LogP contribution is 2.18. The van der Waals surface area contributed by atoms with Gasteiger partial charge in [-0.3, -0.25) is 0 Å². The summed E-state index contributed by atoms with van der Waals surface area (Å²) in [4.78, 5) is 0. The maximum Gasteiger partial charge on any atom is 0.0728 e. The molecule has 1 aromatic carbocycles. The summed E-state index contributed by atoms with van der Waals surface area (Å²) in [5.74, 6) is 0. The van der Waals surface area contributed by atoms with Crippen LogP contribution in [0, 0.1) is 3.57 Å². The van der Waals surface area contributed by atoms with E-state index in [0.29, 0.717) is 19.8 Å². The van der Waals surface area contributed by atoms with Gasteiger partial charge in [-0.2, -0.15) is 0 Å². The van der Waals surface area contributed by atoms with E-state index in [-0.39, 0.29) is 0 Å². The monoisotopic (exact) mass is 326 g/mol. The lowest BCUT2D eigenvalue weighted by Crippen LogP contribution is -2.02. The maximum atomic E-state index is 5.87. The van der Waals surface area contributed by atoms with Crippen LogP contribution in [0.4, 0.5) is 0 Å². The van der Waals surface area contributed by atoms with Gasteiger partial charge in [0.15, 0.2) is 0 Å². The minimum absolute atomic E-state index is 0.586. The smallest absolute Gasteiger partial charge is 0.0728 e. The Hall–Kier alpha value is 0.160. The fraction of sp³-hybridized carbons (Fsp3) is 0.400. The van der Waals surface area contributed by atoms with Crippen LogP contribution in [0.2, 0.25) is 5.02 Å². The van der Waals surface area contributed by atoms with Crippen molar-refractivity contribution in [3.05, 3.63) is 32.4 Å². The predicted molar refractivity (Wildman–Crippen MR) is 65.7 cm³/mol. The lowest BCUT2D eigenvalue weighted by molar-refractivity contribution is 0.0614. The van der Waals surface area contributed by atoms with E-state index in [1.165, 1.54) is 3.57 Å². The van der Waals surface area contributed by atoms with E-state index in [0.717, 1.165) is 10.6 Å². The molecule has 78 valence electrons. The van der Waals surface area contributed by atoms with Gasteiger partial charge in [-0.05, 0) is 46.4 Å². The van der Waals surface area contributed by atoms with Crippen molar-refractivity contribution in [3.8, 4) is 0 Å². The molecular weight excluding hydrogens is 314 g/mol. The summed E-state index contributed by atoms with van der Waals surface area (Å²) in [5, 5.41) is 0.746. The van der Waals surface area contributed by atoms with Crippen LogP contribution >= 0.6 is 34.2 Å². The molecule has 14 heavy (non-hydrogen) atoms. The van der Waals surface area contributed by atoms with E-state index in [4.69, 9.17) is 21.1 Å². The molecule has 0 atom stereocenters. The number of hydrogen-bond donors (Lipinski definition) is 0. The molecule has 1 aromatic rings. The average molecular weight is 327 g/mol. The third kappa shape index (κ3) is 4.13. The van der Waals surface area contributed by atoms with Gasteiger partial charge in [0, 0.05) is 15.7 Å². The minimum Gasteiger partial charge on any atom is -0.382 e. The Morgan fingerprint density at radius 3 is 2.86 bits per heavy atom. The normalized spacial score (nSPS) is 10.5. The summed E-state index contributed by atoms with van der Waals surface area (Å²) in [6.45, 7) is 1.82. The zero-order valence-electron chi connectivity index (χ0n) is 7.93. The Morgan fingerprint density at radius 2 is 2.14 bits per heavy atom. The molecule has 0 spiro atoms. The van der Waals surface area contributed by atoms with E-state index < -0.39 is 0 Å². The van der Waals surface area contributed by atoms with Crippen LogP contribution in [-0.2, 0) is 16.1 Å². The SMILES string of the molecule is COCCOCc1cc(Cl)ccc1I. The van der Waals surface area contributed by atoms with Crippen LogP contribution in [0.25, 0.3) is 0 Å². The second kappa shape index (κ2) is 6.61. The molecule has 0 aliphatic rings. The molecule has 0 aliphatic carbocycles. The van der Waals surface area contributed by atoms with Crippen LogP contribution in [0.5, 0.6) is 0 Å². The highest BCUT2D eigenvalue weighted by Gasteiger charge is 2.00. The van der Waals surface area contributed by atoms with Crippen LogP contribution in [0.1, 0.15) is 5.56 Å². The second-order valence-electron chi connectivity index (χ2n) is 2.78. The Balaban J connectivity index is 2.45. The molecule has 0 amide bonds. The minimum atomic E-state index is 0.586. The van der Waals surface area contributed by atoms with Gasteiger partial charge >= 0.3 is 0 Å². The van der Waals surface area contributed by atoms with Gasteiger partial charge in [-0.25, -0.2) is 0 Å². The van der Waals surface area contributed by atoms with Gasteiger partial charge in [-0.15, -0.1) is 0 Å². The molecule has 0 bridgehead atoms. The highest BCUT2D eigenvalue weighted by molar-refractivity contribution is 14.1. The first-order valence-electron chi connectivity index (χ1n) is 4.24. The lowest BCUT2D eigenvalue weighted by Gasteiger charge is -2.06. The second-order valence-corrected chi connectivity index (χ2v) is 4.38. The maximum absolute atomic E-state index is 5.87. The molecule has 0 saturated carbocycles. The summed E-state index contributed by atoms with van der Waals surface area (Å²) in [7, 11) is 1.66. The first-order chi connectivity index (χ1) is 6.74. The van der Waals surface area contributed by atoms with Crippen molar-refractivity contribution in [2.45, 2.75) is 6.61 Å². The molecule has 0 aromatic heterocycles. The van der Waals surface area contributed by atoms with Crippen LogP contribution < -0.4 is 0 Å². The van der Waals surface area contributed by atoms with Crippen molar-refractivity contribution >= 4 is 34.2 Å². The Morgan fingerprint density at radius 1 is 1.36 bits per heavy atom. The molecule has 1 rings (SSSR count). The molecule has 0 heterocycles. The van der Waals surface area contributed by atoms with E-state index in [2.05, 4.69) is 22.6 Å². The largest absolute Gasteiger partial charge is 0.382 e. The molecular formula is C10H12ClIO2. The van der Waals surface area contributed by atoms with Crippen molar-refractivity contribution in [3.63, 3.8) is 0 Å². The third-order valence-electron chi connectivity index (χ3n) is 1.70. The Bertz CT molecular complexity index is 291. The van der Waals surface area contributed by atoms with Gasteiger partial charge in [0.25, 0.3) is 0 Å². The Labute approximate surface area is 103 Å². The molecule has 0 saturated heterocycles. The van der Waals surface area contributed by atoms with Crippen molar-refractivity contribution in [1.29, 1.82) is 0 Å². The third-order valence-corrected chi connectivity index (χ3v) is 2.98. The fourth-order valence-electron chi connectivity index (χ4n) is 0.978. The zero-order valence-corrected chi connectivity index (χ0v) is 10.8. The quantitative estimate of drug-likeness (QED) is 0.611. The standard InChI is InChI=1S/C10H12ClIO2/c1-13-4-5-14-7-8-6-9(11)2-3-10(8)12/h2-3,6H,4-5,7H2,1H3. The number of ether oxygens (including phenoxy) is 2. The molecule has 0 aliphatic heterocycles. The fourth-order valence-corrected chi connectivity index (χ4v) is 1.66. The zero-order chi connectivity index (χ0) is 10.4. The van der Waals surface area contributed by atoms with Crippen LogP contribution in [-0.4, -0.2) is 20.3 Å². The summed E-state index contributed by atoms with van der Waals surface area (Å²) < 4.78 is 11.5. The molecule has 0 fully saturated rings. The van der Waals surface area contributed by atoms with Gasteiger partial charge in [0.1, 0.15) is 0 Å². The van der Waals surface area contributed by atoms with Gasteiger partial charge in [-0.1, -0.05) is 11.6 Å². The number of hydrogen-bond acceptors (Lipinski definition) is 2. The van der Waals surface area contributed by atoms with Gasteiger partial charge in [0.05, 0.1) is 19.8 Å². The topological polar surface area (TPSA) is 18.5 Å².